The molecule has 0 radical (unpaired) electrons. The van der Waals surface area contributed by atoms with Crippen molar-refractivity contribution in [3.05, 3.63) is 95.6 Å². The molecule has 36 heavy (non-hydrogen) atoms. The van der Waals surface area contributed by atoms with E-state index in [-0.39, 0.29) is 23.3 Å². The summed E-state index contributed by atoms with van der Waals surface area (Å²) in [7, 11) is -4.00. The molecule has 8 heteroatoms. The van der Waals surface area contributed by atoms with E-state index < -0.39 is 22.0 Å². The molecule has 188 valence electrons. The minimum atomic E-state index is -4.00. The van der Waals surface area contributed by atoms with Crippen LogP contribution in [0.4, 0.5) is 5.69 Å². The third-order valence-electron chi connectivity index (χ3n) is 6.42. The summed E-state index contributed by atoms with van der Waals surface area (Å²) in [5, 5.41) is 2.95. The lowest BCUT2D eigenvalue weighted by molar-refractivity contribution is -0.123. The number of sulfonamides is 1. The molecule has 0 saturated carbocycles. The van der Waals surface area contributed by atoms with Gasteiger partial charge in [-0.2, -0.15) is 4.72 Å². The number of carbonyl (C=O) groups is 2. The first kappa shape index (κ1) is 25.6. The molecule has 0 unspecified atom stereocenters. The highest BCUT2D eigenvalue weighted by Crippen LogP contribution is 2.30. The van der Waals surface area contributed by atoms with Crippen molar-refractivity contribution >= 4 is 27.5 Å². The molecule has 3 aromatic carbocycles. The van der Waals surface area contributed by atoms with Crippen molar-refractivity contribution in [2.24, 2.45) is 0 Å². The van der Waals surface area contributed by atoms with Gasteiger partial charge in [-0.3, -0.25) is 9.59 Å². The zero-order valence-corrected chi connectivity index (χ0v) is 21.3. The van der Waals surface area contributed by atoms with Crippen molar-refractivity contribution < 1.29 is 18.0 Å². The number of anilines is 1. The molecule has 1 aliphatic rings. The summed E-state index contributed by atoms with van der Waals surface area (Å²) in [6.07, 6.45) is 1.18. The fraction of sp³-hybridized carbons (Fsp3) is 0.286. The molecule has 3 aromatic rings. The minimum Gasteiger partial charge on any atom is -0.348 e. The molecular formula is C28H31N3O4S. The first-order chi connectivity index (χ1) is 17.3. The fourth-order valence-electron chi connectivity index (χ4n) is 4.43. The Morgan fingerprint density at radius 3 is 2.31 bits per heavy atom. The number of nitrogens with zero attached hydrogens (tertiary/aromatic N) is 1. The first-order valence-corrected chi connectivity index (χ1v) is 13.6. The molecule has 0 fully saturated rings. The molecule has 4 rings (SSSR count). The van der Waals surface area contributed by atoms with Crippen LogP contribution in [-0.4, -0.2) is 32.8 Å². The van der Waals surface area contributed by atoms with E-state index in [4.69, 9.17) is 0 Å². The van der Waals surface area contributed by atoms with Crippen LogP contribution >= 0.6 is 0 Å². The van der Waals surface area contributed by atoms with Crippen molar-refractivity contribution in [1.29, 1.82) is 0 Å². The molecular weight excluding hydrogens is 474 g/mol. The topological polar surface area (TPSA) is 95.6 Å². The summed E-state index contributed by atoms with van der Waals surface area (Å²) < 4.78 is 29.4. The molecule has 0 spiro atoms. The van der Waals surface area contributed by atoms with E-state index in [1.807, 2.05) is 67.6 Å². The van der Waals surface area contributed by atoms with Gasteiger partial charge < -0.3 is 10.2 Å². The third kappa shape index (κ3) is 5.83. The maximum atomic E-state index is 13.4. The number of nitrogens with one attached hydrogen (secondary N) is 2. The second kappa shape index (κ2) is 11.1. The van der Waals surface area contributed by atoms with Gasteiger partial charge >= 0.3 is 0 Å². The molecule has 0 saturated heterocycles. The number of fused-ring (bicyclic) bond motifs is 1. The Bertz CT molecular complexity index is 1330. The van der Waals surface area contributed by atoms with Crippen LogP contribution in [0.5, 0.6) is 0 Å². The molecule has 2 N–H and O–H groups in total. The highest BCUT2D eigenvalue weighted by Gasteiger charge is 2.30. The Morgan fingerprint density at radius 1 is 0.972 bits per heavy atom. The summed E-state index contributed by atoms with van der Waals surface area (Å²) >= 11 is 0. The quantitative estimate of drug-likeness (QED) is 0.463. The Balaban J connectivity index is 1.57. The van der Waals surface area contributed by atoms with Crippen LogP contribution in [-0.2, 0) is 32.5 Å². The van der Waals surface area contributed by atoms with Gasteiger partial charge in [0, 0.05) is 18.7 Å². The number of amides is 2. The van der Waals surface area contributed by atoms with E-state index in [1.165, 1.54) is 6.07 Å². The molecule has 1 heterocycles. The van der Waals surface area contributed by atoms with Crippen LogP contribution < -0.4 is 14.9 Å². The van der Waals surface area contributed by atoms with E-state index in [2.05, 4.69) is 10.0 Å². The van der Waals surface area contributed by atoms with Crippen molar-refractivity contribution in [3.63, 3.8) is 0 Å². The predicted molar refractivity (Wildman–Crippen MR) is 140 cm³/mol. The number of hydrogen-bond donors (Lipinski definition) is 2. The second-order valence-electron chi connectivity index (χ2n) is 8.94. The summed E-state index contributed by atoms with van der Waals surface area (Å²) in [5.74, 6) is -0.394. The first-order valence-electron chi connectivity index (χ1n) is 12.1. The number of hydrogen-bond acceptors (Lipinski definition) is 4. The predicted octanol–water partition coefficient (Wildman–Crippen LogP) is 3.75. The molecule has 1 aliphatic heterocycles. The van der Waals surface area contributed by atoms with Gasteiger partial charge in [0.15, 0.2) is 0 Å². The van der Waals surface area contributed by atoms with Crippen LogP contribution in [0, 0.1) is 0 Å². The van der Waals surface area contributed by atoms with Crippen LogP contribution in [0.2, 0.25) is 0 Å². The molecule has 0 aliphatic carbocycles. The smallest absolute Gasteiger partial charge is 0.241 e. The SMILES string of the molecule is CCC(=O)N1CCc2cc(S(=O)(=O)N[C@H](Cc3ccccc3)C(=O)N[C@@H](C)c3ccccc3)ccc21. The molecule has 7 nitrogen and oxygen atoms in total. The van der Waals surface area contributed by atoms with E-state index >= 15 is 0 Å². The average molecular weight is 506 g/mol. The van der Waals surface area contributed by atoms with Gasteiger partial charge in [-0.1, -0.05) is 67.6 Å². The Labute approximate surface area is 212 Å². The van der Waals surface area contributed by atoms with Crippen molar-refractivity contribution in [2.45, 2.75) is 50.1 Å². The number of carbonyl (C=O) groups excluding carboxylic acids is 2. The number of rotatable bonds is 9. The van der Waals surface area contributed by atoms with Gasteiger partial charge in [0.1, 0.15) is 6.04 Å². The normalized spacial score (nSPS) is 14.7. The van der Waals surface area contributed by atoms with Gasteiger partial charge in [0.05, 0.1) is 10.9 Å². The summed E-state index contributed by atoms with van der Waals surface area (Å²) in [6.45, 7) is 4.21. The maximum absolute atomic E-state index is 13.4. The molecule has 0 aromatic heterocycles. The van der Waals surface area contributed by atoms with Crippen LogP contribution in [0.25, 0.3) is 0 Å². The van der Waals surface area contributed by atoms with Crippen LogP contribution in [0.15, 0.2) is 83.8 Å². The zero-order valence-electron chi connectivity index (χ0n) is 20.5. The standard InChI is InChI=1S/C28H31N3O4S/c1-3-27(32)31-17-16-23-19-24(14-15-26(23)31)36(34,35)30-25(18-21-10-6-4-7-11-21)28(33)29-20(2)22-12-8-5-9-13-22/h4-15,19-20,25,30H,3,16-18H2,1-2H3,(H,29,33)/t20-,25+/m0/s1. The van der Waals surface area contributed by atoms with Crippen molar-refractivity contribution in [3.8, 4) is 0 Å². The van der Waals surface area contributed by atoms with Gasteiger partial charge in [0.2, 0.25) is 21.8 Å². The highest BCUT2D eigenvalue weighted by molar-refractivity contribution is 7.89. The zero-order chi connectivity index (χ0) is 25.7. The Morgan fingerprint density at radius 2 is 1.64 bits per heavy atom. The highest BCUT2D eigenvalue weighted by atomic mass is 32.2. The van der Waals surface area contributed by atoms with E-state index in [0.29, 0.717) is 19.4 Å². The van der Waals surface area contributed by atoms with E-state index in [1.54, 1.807) is 24.0 Å². The third-order valence-corrected chi connectivity index (χ3v) is 7.88. The van der Waals surface area contributed by atoms with Gasteiger partial charge in [-0.15, -0.1) is 0 Å². The largest absolute Gasteiger partial charge is 0.348 e. The number of benzene rings is 3. The average Bonchev–Trinajstić information content (AvgIpc) is 3.32. The molecule has 0 bridgehead atoms. The second-order valence-corrected chi connectivity index (χ2v) is 10.7. The summed E-state index contributed by atoms with van der Waals surface area (Å²) in [4.78, 5) is 27.3. The lowest BCUT2D eigenvalue weighted by Crippen LogP contribution is -2.48. The van der Waals surface area contributed by atoms with Gasteiger partial charge in [-0.05, 0) is 54.7 Å². The molecule has 2 amide bonds. The lowest BCUT2D eigenvalue weighted by atomic mass is 10.0. The maximum Gasteiger partial charge on any atom is 0.241 e. The van der Waals surface area contributed by atoms with Crippen LogP contribution in [0.1, 0.15) is 43.0 Å². The monoisotopic (exact) mass is 505 g/mol. The minimum absolute atomic E-state index is 0.00890. The Kier molecular flexibility index (Phi) is 7.86. The Hall–Kier alpha value is -3.49. The van der Waals surface area contributed by atoms with E-state index in [9.17, 15) is 18.0 Å². The van der Waals surface area contributed by atoms with Gasteiger partial charge in [-0.25, -0.2) is 8.42 Å². The fourth-order valence-corrected chi connectivity index (χ4v) is 5.67. The van der Waals surface area contributed by atoms with Crippen LogP contribution in [0.3, 0.4) is 0 Å². The lowest BCUT2D eigenvalue weighted by Gasteiger charge is -2.22. The summed E-state index contributed by atoms with van der Waals surface area (Å²) in [6, 6.07) is 22.3. The van der Waals surface area contributed by atoms with E-state index in [0.717, 1.165) is 22.4 Å². The molecule has 2 atom stereocenters. The summed E-state index contributed by atoms with van der Waals surface area (Å²) in [5.41, 5.74) is 3.32. The van der Waals surface area contributed by atoms with Crippen molar-refractivity contribution in [2.75, 3.05) is 11.4 Å². The van der Waals surface area contributed by atoms with Gasteiger partial charge in [0.25, 0.3) is 0 Å². The van der Waals surface area contributed by atoms with Crippen molar-refractivity contribution in [1.82, 2.24) is 10.0 Å².